The molecule has 0 unspecified atom stereocenters. The van der Waals surface area contributed by atoms with E-state index < -0.39 is 0 Å². The standard InChI is InChI=1S/C21H26N4O4/c1-14-9-15(2)25(23-14)8-6-22-20(26)13-24-7-5-16-10-18(28-3)19(29-4)11-17(16)12-21(24)27/h5,7,9-11H,6,8,12-13H2,1-4H3,(H,22,26). The molecule has 1 aromatic heterocycles. The molecule has 0 atom stereocenters. The second-order valence-electron chi connectivity index (χ2n) is 6.92. The van der Waals surface area contributed by atoms with Crippen molar-refractivity contribution >= 4 is 17.9 Å². The number of rotatable bonds is 7. The van der Waals surface area contributed by atoms with E-state index in [1.807, 2.05) is 36.7 Å². The molecule has 2 aromatic rings. The number of nitrogens with zero attached hydrogens (tertiary/aromatic N) is 3. The first-order valence-electron chi connectivity index (χ1n) is 9.41. The zero-order valence-electron chi connectivity index (χ0n) is 17.2. The van der Waals surface area contributed by atoms with E-state index >= 15 is 0 Å². The van der Waals surface area contributed by atoms with Gasteiger partial charge < -0.3 is 19.7 Å². The van der Waals surface area contributed by atoms with Gasteiger partial charge in [-0.15, -0.1) is 0 Å². The molecule has 0 spiro atoms. The maximum absolute atomic E-state index is 12.6. The zero-order valence-corrected chi connectivity index (χ0v) is 17.2. The van der Waals surface area contributed by atoms with Gasteiger partial charge in [-0.3, -0.25) is 14.3 Å². The molecule has 0 radical (unpaired) electrons. The number of hydrogen-bond donors (Lipinski definition) is 1. The van der Waals surface area contributed by atoms with E-state index in [9.17, 15) is 9.59 Å². The van der Waals surface area contributed by atoms with Crippen molar-refractivity contribution in [2.24, 2.45) is 0 Å². The lowest BCUT2D eigenvalue weighted by Crippen LogP contribution is -2.39. The summed E-state index contributed by atoms with van der Waals surface area (Å²) in [7, 11) is 3.12. The Morgan fingerprint density at radius 1 is 1.17 bits per heavy atom. The summed E-state index contributed by atoms with van der Waals surface area (Å²) in [6, 6.07) is 5.62. The SMILES string of the molecule is COc1cc2c(cc1OC)CC(=O)N(CC(=O)NCCn1nc(C)cc1C)C=C2. The van der Waals surface area contributed by atoms with E-state index in [0.29, 0.717) is 24.6 Å². The lowest BCUT2D eigenvalue weighted by atomic mass is 10.0. The molecule has 0 aliphatic carbocycles. The number of hydrogen-bond acceptors (Lipinski definition) is 5. The molecule has 1 aliphatic rings. The molecule has 2 amide bonds. The normalized spacial score (nSPS) is 13.1. The van der Waals surface area contributed by atoms with E-state index in [1.54, 1.807) is 26.5 Å². The summed E-state index contributed by atoms with van der Waals surface area (Å²) in [5.74, 6) is 0.799. The molecular formula is C21H26N4O4. The van der Waals surface area contributed by atoms with Crippen molar-refractivity contribution in [1.82, 2.24) is 20.0 Å². The van der Waals surface area contributed by atoms with Crippen molar-refractivity contribution in [3.05, 3.63) is 46.9 Å². The van der Waals surface area contributed by atoms with Gasteiger partial charge in [-0.05, 0) is 49.2 Å². The monoisotopic (exact) mass is 398 g/mol. The number of amides is 2. The highest BCUT2D eigenvalue weighted by Gasteiger charge is 2.21. The van der Waals surface area contributed by atoms with Crippen molar-refractivity contribution in [3.63, 3.8) is 0 Å². The van der Waals surface area contributed by atoms with Gasteiger partial charge in [0.15, 0.2) is 11.5 Å². The number of ether oxygens (including phenoxy) is 2. The van der Waals surface area contributed by atoms with Crippen molar-refractivity contribution in [2.75, 3.05) is 27.3 Å². The predicted octanol–water partition coefficient (Wildman–Crippen LogP) is 1.69. The average molecular weight is 398 g/mol. The second-order valence-corrected chi connectivity index (χ2v) is 6.92. The first-order chi connectivity index (χ1) is 13.9. The van der Waals surface area contributed by atoms with E-state index in [4.69, 9.17) is 9.47 Å². The molecule has 1 aliphatic heterocycles. The van der Waals surface area contributed by atoms with Gasteiger partial charge in [-0.25, -0.2) is 0 Å². The third-order valence-corrected chi connectivity index (χ3v) is 4.80. The van der Waals surface area contributed by atoms with Crippen molar-refractivity contribution in [2.45, 2.75) is 26.8 Å². The number of aryl methyl sites for hydroxylation is 2. The van der Waals surface area contributed by atoms with Gasteiger partial charge in [0.2, 0.25) is 11.8 Å². The molecule has 0 fully saturated rings. The highest BCUT2D eigenvalue weighted by molar-refractivity contribution is 5.89. The van der Waals surface area contributed by atoms with Crippen molar-refractivity contribution < 1.29 is 19.1 Å². The summed E-state index contributed by atoms with van der Waals surface area (Å²) in [6.45, 7) is 4.91. The smallest absolute Gasteiger partial charge is 0.240 e. The van der Waals surface area contributed by atoms with Gasteiger partial charge in [-0.1, -0.05) is 0 Å². The number of nitrogens with one attached hydrogen (secondary N) is 1. The maximum Gasteiger partial charge on any atom is 0.240 e. The summed E-state index contributed by atoms with van der Waals surface area (Å²) in [5.41, 5.74) is 3.69. The number of carbonyl (C=O) groups is 2. The Morgan fingerprint density at radius 3 is 2.55 bits per heavy atom. The van der Waals surface area contributed by atoms with Crippen LogP contribution in [-0.4, -0.2) is 53.8 Å². The first kappa shape index (κ1) is 20.4. The van der Waals surface area contributed by atoms with Gasteiger partial charge in [0.05, 0.1) is 32.9 Å². The Kier molecular flexibility index (Phi) is 6.21. The quantitative estimate of drug-likeness (QED) is 0.767. The molecule has 0 saturated carbocycles. The van der Waals surface area contributed by atoms with Gasteiger partial charge in [0.25, 0.3) is 0 Å². The van der Waals surface area contributed by atoms with Crippen LogP contribution in [0.5, 0.6) is 11.5 Å². The third kappa shape index (κ3) is 4.77. The Bertz CT molecular complexity index is 948. The van der Waals surface area contributed by atoms with Gasteiger partial charge in [0.1, 0.15) is 6.54 Å². The van der Waals surface area contributed by atoms with E-state index in [0.717, 1.165) is 22.5 Å². The maximum atomic E-state index is 12.6. The molecule has 8 heteroatoms. The van der Waals surface area contributed by atoms with Crippen molar-refractivity contribution in [3.8, 4) is 11.5 Å². The average Bonchev–Trinajstić information content (AvgIpc) is 2.93. The lowest BCUT2D eigenvalue weighted by molar-refractivity contribution is -0.132. The molecule has 0 bridgehead atoms. The summed E-state index contributed by atoms with van der Waals surface area (Å²) in [4.78, 5) is 26.4. The number of aromatic nitrogens is 2. The van der Waals surface area contributed by atoms with E-state index in [1.165, 1.54) is 4.90 Å². The summed E-state index contributed by atoms with van der Waals surface area (Å²) in [5, 5.41) is 7.21. The Labute approximate surface area is 170 Å². The number of methoxy groups -OCH3 is 2. The minimum Gasteiger partial charge on any atom is -0.493 e. The largest absolute Gasteiger partial charge is 0.493 e. The Morgan fingerprint density at radius 2 is 1.90 bits per heavy atom. The van der Waals surface area contributed by atoms with Crippen LogP contribution in [0.4, 0.5) is 0 Å². The topological polar surface area (TPSA) is 85.7 Å². The van der Waals surface area contributed by atoms with Crippen LogP contribution in [0.3, 0.4) is 0 Å². The number of fused-ring (bicyclic) bond motifs is 1. The molecule has 8 nitrogen and oxygen atoms in total. The Hall–Kier alpha value is -3.29. The van der Waals surface area contributed by atoms with Crippen molar-refractivity contribution in [1.29, 1.82) is 0 Å². The molecule has 0 saturated heterocycles. The minimum absolute atomic E-state index is 0.0330. The molecule has 1 aromatic carbocycles. The number of benzene rings is 1. The van der Waals surface area contributed by atoms with Crippen LogP contribution in [0.2, 0.25) is 0 Å². The van der Waals surface area contributed by atoms with Crippen LogP contribution in [0.25, 0.3) is 6.08 Å². The highest BCUT2D eigenvalue weighted by atomic mass is 16.5. The fraction of sp³-hybridized carbons (Fsp3) is 0.381. The van der Waals surface area contributed by atoms with Crippen LogP contribution in [-0.2, 0) is 22.6 Å². The van der Waals surface area contributed by atoms with Crippen LogP contribution in [0, 0.1) is 13.8 Å². The molecule has 154 valence electrons. The minimum atomic E-state index is -0.217. The first-order valence-corrected chi connectivity index (χ1v) is 9.41. The summed E-state index contributed by atoms with van der Waals surface area (Å²) < 4.78 is 12.5. The van der Waals surface area contributed by atoms with E-state index in [2.05, 4.69) is 10.4 Å². The van der Waals surface area contributed by atoms with Crippen LogP contribution in [0.15, 0.2) is 24.4 Å². The predicted molar refractivity (Wildman–Crippen MR) is 109 cm³/mol. The van der Waals surface area contributed by atoms with Gasteiger partial charge in [-0.2, -0.15) is 5.10 Å². The molecule has 29 heavy (non-hydrogen) atoms. The summed E-state index contributed by atoms with van der Waals surface area (Å²) in [6.07, 6.45) is 3.63. The second kappa shape index (κ2) is 8.81. The summed E-state index contributed by atoms with van der Waals surface area (Å²) >= 11 is 0. The number of carbonyl (C=O) groups excluding carboxylic acids is 2. The lowest BCUT2D eigenvalue weighted by Gasteiger charge is -2.17. The Balaban J connectivity index is 1.60. The fourth-order valence-electron chi connectivity index (χ4n) is 3.32. The molecule has 2 heterocycles. The van der Waals surface area contributed by atoms with Gasteiger partial charge in [0, 0.05) is 18.4 Å². The van der Waals surface area contributed by atoms with Gasteiger partial charge >= 0.3 is 0 Å². The van der Waals surface area contributed by atoms with E-state index in [-0.39, 0.29) is 24.8 Å². The zero-order chi connectivity index (χ0) is 21.0. The van der Waals surface area contributed by atoms with Crippen LogP contribution >= 0.6 is 0 Å². The molecule has 1 N–H and O–H groups in total. The van der Waals surface area contributed by atoms with Crippen LogP contribution < -0.4 is 14.8 Å². The molecule has 3 rings (SSSR count). The fourth-order valence-corrected chi connectivity index (χ4v) is 3.32. The van der Waals surface area contributed by atoms with Crippen LogP contribution in [0.1, 0.15) is 22.5 Å². The third-order valence-electron chi connectivity index (χ3n) is 4.80. The highest BCUT2D eigenvalue weighted by Crippen LogP contribution is 2.32. The molecular weight excluding hydrogens is 372 g/mol.